The van der Waals surface area contributed by atoms with Crippen LogP contribution in [0.15, 0.2) is 24.3 Å². The monoisotopic (exact) mass is 205 g/mol. The van der Waals surface area contributed by atoms with E-state index < -0.39 is 0 Å². The number of rotatable bonds is 3. The Kier molecular flexibility index (Phi) is 3.27. The van der Waals surface area contributed by atoms with E-state index in [0.29, 0.717) is 12.0 Å². The summed E-state index contributed by atoms with van der Waals surface area (Å²) in [7, 11) is 0. The van der Waals surface area contributed by atoms with Crippen LogP contribution in [0.5, 0.6) is 5.75 Å². The first-order valence-corrected chi connectivity index (χ1v) is 5.73. The van der Waals surface area contributed by atoms with E-state index in [9.17, 15) is 0 Å². The highest BCUT2D eigenvalue weighted by molar-refractivity contribution is 5.30. The van der Waals surface area contributed by atoms with Crippen molar-refractivity contribution in [2.75, 3.05) is 13.1 Å². The van der Waals surface area contributed by atoms with Crippen molar-refractivity contribution in [3.8, 4) is 5.75 Å². The normalized spacial score (nSPS) is 20.9. The van der Waals surface area contributed by atoms with Crippen molar-refractivity contribution in [3.05, 3.63) is 29.8 Å². The average Bonchev–Trinajstić information content (AvgIpc) is 2.71. The lowest BCUT2D eigenvalue weighted by molar-refractivity contribution is 0.223. The second-order valence-corrected chi connectivity index (χ2v) is 4.46. The van der Waals surface area contributed by atoms with Gasteiger partial charge in [-0.3, -0.25) is 0 Å². The molecule has 2 rings (SSSR count). The van der Waals surface area contributed by atoms with E-state index in [2.05, 4.69) is 37.4 Å². The van der Waals surface area contributed by atoms with Gasteiger partial charge in [-0.25, -0.2) is 0 Å². The SMILES string of the molecule is CC(C)c1cccc(O[C@@H]2CCNC2)c1. The van der Waals surface area contributed by atoms with Crippen molar-refractivity contribution in [3.63, 3.8) is 0 Å². The summed E-state index contributed by atoms with van der Waals surface area (Å²) in [5.41, 5.74) is 1.35. The van der Waals surface area contributed by atoms with Crippen molar-refractivity contribution < 1.29 is 4.74 Å². The molecule has 1 fully saturated rings. The van der Waals surface area contributed by atoms with E-state index in [1.807, 2.05) is 6.07 Å². The van der Waals surface area contributed by atoms with Crippen LogP contribution in [0.1, 0.15) is 31.7 Å². The van der Waals surface area contributed by atoms with Gasteiger partial charge in [-0.05, 0) is 36.6 Å². The molecule has 0 amide bonds. The van der Waals surface area contributed by atoms with Crippen molar-refractivity contribution in [2.24, 2.45) is 0 Å². The summed E-state index contributed by atoms with van der Waals surface area (Å²) in [6.07, 6.45) is 1.47. The van der Waals surface area contributed by atoms with Crippen LogP contribution in [-0.2, 0) is 0 Å². The Balaban J connectivity index is 2.04. The quantitative estimate of drug-likeness (QED) is 0.818. The topological polar surface area (TPSA) is 21.3 Å². The maximum atomic E-state index is 5.90. The molecule has 1 aromatic carbocycles. The smallest absolute Gasteiger partial charge is 0.120 e. The van der Waals surface area contributed by atoms with E-state index in [0.717, 1.165) is 25.3 Å². The van der Waals surface area contributed by atoms with Crippen molar-refractivity contribution in [2.45, 2.75) is 32.3 Å². The van der Waals surface area contributed by atoms with Gasteiger partial charge in [0.25, 0.3) is 0 Å². The van der Waals surface area contributed by atoms with Gasteiger partial charge in [-0.15, -0.1) is 0 Å². The lowest BCUT2D eigenvalue weighted by atomic mass is 10.0. The molecule has 2 heteroatoms. The standard InChI is InChI=1S/C13H19NO/c1-10(2)11-4-3-5-12(8-11)15-13-6-7-14-9-13/h3-5,8,10,13-14H,6-7,9H2,1-2H3/t13-/m1/s1. The summed E-state index contributed by atoms with van der Waals surface area (Å²) in [6, 6.07) is 8.44. The highest BCUT2D eigenvalue weighted by atomic mass is 16.5. The fourth-order valence-corrected chi connectivity index (χ4v) is 1.87. The fraction of sp³-hybridized carbons (Fsp3) is 0.538. The number of benzene rings is 1. The van der Waals surface area contributed by atoms with Gasteiger partial charge in [-0.1, -0.05) is 26.0 Å². The molecular weight excluding hydrogens is 186 g/mol. The van der Waals surface area contributed by atoms with E-state index in [4.69, 9.17) is 4.74 Å². The molecule has 0 spiro atoms. The largest absolute Gasteiger partial charge is 0.489 e. The van der Waals surface area contributed by atoms with Gasteiger partial charge < -0.3 is 10.1 Å². The van der Waals surface area contributed by atoms with Crippen LogP contribution >= 0.6 is 0 Å². The molecule has 1 aliphatic rings. The molecule has 0 radical (unpaired) electrons. The highest BCUT2D eigenvalue weighted by Gasteiger charge is 2.15. The first-order chi connectivity index (χ1) is 7.25. The molecule has 1 aromatic rings. The fourth-order valence-electron chi connectivity index (χ4n) is 1.87. The van der Waals surface area contributed by atoms with E-state index in [1.165, 1.54) is 5.56 Å². The predicted molar refractivity (Wildman–Crippen MR) is 62.4 cm³/mol. The van der Waals surface area contributed by atoms with Gasteiger partial charge >= 0.3 is 0 Å². The van der Waals surface area contributed by atoms with Crippen LogP contribution < -0.4 is 10.1 Å². The summed E-state index contributed by atoms with van der Waals surface area (Å²) in [4.78, 5) is 0. The Bertz CT molecular complexity index is 316. The minimum atomic E-state index is 0.354. The molecule has 82 valence electrons. The van der Waals surface area contributed by atoms with Crippen LogP contribution in [0.25, 0.3) is 0 Å². The third-order valence-electron chi connectivity index (χ3n) is 2.84. The number of hydrogen-bond donors (Lipinski definition) is 1. The summed E-state index contributed by atoms with van der Waals surface area (Å²) >= 11 is 0. The molecule has 0 bridgehead atoms. The zero-order valence-electron chi connectivity index (χ0n) is 9.49. The number of ether oxygens (including phenoxy) is 1. The molecular formula is C13H19NO. The Labute approximate surface area is 91.6 Å². The maximum Gasteiger partial charge on any atom is 0.120 e. The molecule has 1 heterocycles. The molecule has 1 atom stereocenters. The van der Waals surface area contributed by atoms with Gasteiger partial charge in [0.2, 0.25) is 0 Å². The molecule has 0 aromatic heterocycles. The van der Waals surface area contributed by atoms with Crippen LogP contribution in [0.3, 0.4) is 0 Å². The molecule has 1 aliphatic heterocycles. The van der Waals surface area contributed by atoms with Gasteiger partial charge in [0.05, 0.1) is 0 Å². The Morgan fingerprint density at radius 3 is 2.93 bits per heavy atom. The third kappa shape index (κ3) is 2.72. The average molecular weight is 205 g/mol. The summed E-state index contributed by atoms with van der Waals surface area (Å²) in [5.74, 6) is 1.57. The van der Waals surface area contributed by atoms with Crippen LogP contribution in [0, 0.1) is 0 Å². The Morgan fingerprint density at radius 2 is 2.27 bits per heavy atom. The van der Waals surface area contributed by atoms with E-state index in [-0.39, 0.29) is 0 Å². The van der Waals surface area contributed by atoms with E-state index >= 15 is 0 Å². The molecule has 15 heavy (non-hydrogen) atoms. The first-order valence-electron chi connectivity index (χ1n) is 5.73. The third-order valence-corrected chi connectivity index (χ3v) is 2.84. The van der Waals surface area contributed by atoms with Crippen LogP contribution in [0.4, 0.5) is 0 Å². The molecule has 0 aliphatic carbocycles. The highest BCUT2D eigenvalue weighted by Crippen LogP contribution is 2.21. The van der Waals surface area contributed by atoms with Gasteiger partial charge in [-0.2, -0.15) is 0 Å². The zero-order chi connectivity index (χ0) is 10.7. The van der Waals surface area contributed by atoms with Crippen molar-refractivity contribution >= 4 is 0 Å². The zero-order valence-corrected chi connectivity index (χ0v) is 9.49. The summed E-state index contributed by atoms with van der Waals surface area (Å²) < 4.78 is 5.90. The molecule has 1 saturated heterocycles. The van der Waals surface area contributed by atoms with Crippen LogP contribution in [0.2, 0.25) is 0 Å². The summed E-state index contributed by atoms with van der Waals surface area (Å²) in [5, 5.41) is 3.30. The first kappa shape index (κ1) is 10.5. The molecule has 1 N–H and O–H groups in total. The van der Waals surface area contributed by atoms with Gasteiger partial charge in [0, 0.05) is 6.54 Å². The second kappa shape index (κ2) is 4.67. The predicted octanol–water partition coefficient (Wildman–Crippen LogP) is 2.55. The Hall–Kier alpha value is -1.02. The molecule has 0 unspecified atom stereocenters. The number of hydrogen-bond acceptors (Lipinski definition) is 2. The van der Waals surface area contributed by atoms with E-state index in [1.54, 1.807) is 0 Å². The lowest BCUT2D eigenvalue weighted by Crippen LogP contribution is -2.19. The minimum absolute atomic E-state index is 0.354. The Morgan fingerprint density at radius 1 is 1.40 bits per heavy atom. The molecule has 2 nitrogen and oxygen atoms in total. The maximum absolute atomic E-state index is 5.90. The van der Waals surface area contributed by atoms with Gasteiger partial charge in [0.15, 0.2) is 0 Å². The van der Waals surface area contributed by atoms with Crippen molar-refractivity contribution in [1.29, 1.82) is 0 Å². The van der Waals surface area contributed by atoms with Crippen LogP contribution in [-0.4, -0.2) is 19.2 Å². The number of nitrogens with one attached hydrogen (secondary N) is 1. The van der Waals surface area contributed by atoms with Crippen molar-refractivity contribution in [1.82, 2.24) is 5.32 Å². The summed E-state index contributed by atoms with van der Waals surface area (Å²) in [6.45, 7) is 6.47. The second-order valence-electron chi connectivity index (χ2n) is 4.46. The molecule has 0 saturated carbocycles. The minimum Gasteiger partial charge on any atom is -0.489 e. The lowest BCUT2D eigenvalue weighted by Gasteiger charge is -2.14. The van der Waals surface area contributed by atoms with Gasteiger partial charge in [0.1, 0.15) is 11.9 Å².